The van der Waals surface area contributed by atoms with Gasteiger partial charge < -0.3 is 15.0 Å². The molecule has 1 saturated heterocycles. The summed E-state index contributed by atoms with van der Waals surface area (Å²) in [5.74, 6) is 0.618. The Bertz CT molecular complexity index is 902. The van der Waals surface area contributed by atoms with Crippen LogP contribution >= 0.6 is 11.8 Å². The second-order valence-corrected chi connectivity index (χ2v) is 7.02. The van der Waals surface area contributed by atoms with Crippen LogP contribution in [0, 0.1) is 11.3 Å². The molecule has 1 fully saturated rings. The van der Waals surface area contributed by atoms with Gasteiger partial charge >= 0.3 is 0 Å². The zero-order valence-corrected chi connectivity index (χ0v) is 15.1. The molecular formula is C18H18N4O3S. The van der Waals surface area contributed by atoms with Crippen molar-refractivity contribution >= 4 is 17.7 Å². The summed E-state index contributed by atoms with van der Waals surface area (Å²) in [5, 5.41) is 12.2. The summed E-state index contributed by atoms with van der Waals surface area (Å²) >= 11 is 1.22. The van der Waals surface area contributed by atoms with Crippen LogP contribution in [0.25, 0.3) is 11.3 Å². The molecule has 1 aromatic heterocycles. The highest BCUT2D eigenvalue weighted by Crippen LogP contribution is 2.28. The molecule has 3 rings (SSSR count). The fourth-order valence-electron chi connectivity index (χ4n) is 2.73. The maximum Gasteiger partial charge on any atom is 0.270 e. The van der Waals surface area contributed by atoms with Gasteiger partial charge in [0.15, 0.2) is 5.16 Å². The van der Waals surface area contributed by atoms with E-state index in [2.05, 4.69) is 15.3 Å². The number of nitrogens with one attached hydrogen (secondary N) is 2. The minimum Gasteiger partial charge on any atom is -0.497 e. The smallest absolute Gasteiger partial charge is 0.270 e. The standard InChI is InChI=1S/C18H18N4O3S/c1-25-12-7-5-11(6-8-12)15-13(10-19)16(23)22-18(21-15)26-14-4-2-3-9-20-17(14)24/h5-8,14H,2-4,9H2,1H3,(H,20,24)(H,21,22,23). The Balaban J connectivity index is 1.97. The van der Waals surface area contributed by atoms with E-state index in [-0.39, 0.29) is 16.7 Å². The van der Waals surface area contributed by atoms with Gasteiger partial charge in [-0.3, -0.25) is 9.59 Å². The van der Waals surface area contributed by atoms with Gasteiger partial charge in [-0.2, -0.15) is 5.26 Å². The highest BCUT2D eigenvalue weighted by molar-refractivity contribution is 8.00. The first-order valence-electron chi connectivity index (χ1n) is 8.25. The molecule has 26 heavy (non-hydrogen) atoms. The number of H-pyrrole nitrogens is 1. The first-order valence-corrected chi connectivity index (χ1v) is 9.13. The number of benzene rings is 1. The van der Waals surface area contributed by atoms with Gasteiger partial charge in [0.2, 0.25) is 5.91 Å². The average Bonchev–Trinajstić information content (AvgIpc) is 2.86. The number of hydrogen-bond acceptors (Lipinski definition) is 6. The lowest BCUT2D eigenvalue weighted by Crippen LogP contribution is -2.31. The van der Waals surface area contributed by atoms with Crippen molar-refractivity contribution in [3.05, 3.63) is 40.2 Å². The molecule has 1 amide bonds. The van der Waals surface area contributed by atoms with E-state index < -0.39 is 5.56 Å². The van der Waals surface area contributed by atoms with E-state index in [1.54, 1.807) is 31.4 Å². The van der Waals surface area contributed by atoms with E-state index in [0.717, 1.165) is 19.3 Å². The van der Waals surface area contributed by atoms with Crippen molar-refractivity contribution in [3.8, 4) is 23.1 Å². The molecule has 0 bridgehead atoms. The fourth-order valence-corrected chi connectivity index (χ4v) is 3.77. The van der Waals surface area contributed by atoms with Crippen LogP contribution in [-0.4, -0.2) is 34.8 Å². The Morgan fingerprint density at radius 2 is 2.04 bits per heavy atom. The number of methoxy groups -OCH3 is 1. The Hall–Kier alpha value is -2.79. The summed E-state index contributed by atoms with van der Waals surface area (Å²) in [6, 6.07) is 8.89. The quantitative estimate of drug-likeness (QED) is 0.798. The highest BCUT2D eigenvalue weighted by atomic mass is 32.2. The third kappa shape index (κ3) is 3.89. The number of nitriles is 1. The molecule has 1 unspecified atom stereocenters. The van der Waals surface area contributed by atoms with Gasteiger partial charge in [-0.1, -0.05) is 18.2 Å². The van der Waals surface area contributed by atoms with E-state index >= 15 is 0 Å². The van der Waals surface area contributed by atoms with Crippen molar-refractivity contribution in [1.82, 2.24) is 15.3 Å². The number of hydrogen-bond donors (Lipinski definition) is 2. The normalized spacial score (nSPS) is 17.1. The van der Waals surface area contributed by atoms with Crippen LogP contribution in [0.4, 0.5) is 0 Å². The van der Waals surface area contributed by atoms with Crippen LogP contribution in [-0.2, 0) is 4.79 Å². The molecule has 1 aromatic carbocycles. The van der Waals surface area contributed by atoms with Gasteiger partial charge in [-0.05, 0) is 37.1 Å². The van der Waals surface area contributed by atoms with Crippen LogP contribution in [0.2, 0.25) is 0 Å². The van der Waals surface area contributed by atoms with Crippen LogP contribution in [0.3, 0.4) is 0 Å². The minimum absolute atomic E-state index is 0.0505. The molecule has 8 heteroatoms. The average molecular weight is 370 g/mol. The molecule has 0 spiro atoms. The molecule has 1 aliphatic heterocycles. The van der Waals surface area contributed by atoms with E-state index in [1.807, 2.05) is 6.07 Å². The molecule has 1 aliphatic rings. The zero-order chi connectivity index (χ0) is 18.5. The minimum atomic E-state index is -0.509. The van der Waals surface area contributed by atoms with Crippen LogP contribution in [0.5, 0.6) is 5.75 Å². The Morgan fingerprint density at radius 1 is 1.27 bits per heavy atom. The van der Waals surface area contributed by atoms with Crippen molar-refractivity contribution in [3.63, 3.8) is 0 Å². The summed E-state index contributed by atoms with van der Waals surface area (Å²) in [7, 11) is 1.56. The zero-order valence-electron chi connectivity index (χ0n) is 14.2. The van der Waals surface area contributed by atoms with Crippen molar-refractivity contribution in [2.75, 3.05) is 13.7 Å². The highest BCUT2D eigenvalue weighted by Gasteiger charge is 2.24. The molecule has 7 nitrogen and oxygen atoms in total. The van der Waals surface area contributed by atoms with Crippen LogP contribution in [0.15, 0.2) is 34.2 Å². The molecule has 134 valence electrons. The first-order chi connectivity index (χ1) is 12.6. The summed E-state index contributed by atoms with van der Waals surface area (Å²) in [6.07, 6.45) is 2.59. The molecular weight excluding hydrogens is 352 g/mol. The molecule has 2 N–H and O–H groups in total. The van der Waals surface area contributed by atoms with Gasteiger partial charge in [-0.25, -0.2) is 4.98 Å². The van der Waals surface area contributed by atoms with Gasteiger partial charge in [-0.15, -0.1) is 0 Å². The number of carbonyl (C=O) groups is 1. The van der Waals surface area contributed by atoms with Crippen LogP contribution in [0.1, 0.15) is 24.8 Å². The lowest BCUT2D eigenvalue weighted by atomic mass is 10.1. The van der Waals surface area contributed by atoms with Crippen molar-refractivity contribution in [1.29, 1.82) is 5.26 Å². The van der Waals surface area contributed by atoms with E-state index in [4.69, 9.17) is 4.74 Å². The number of aromatic nitrogens is 2. The van der Waals surface area contributed by atoms with E-state index in [0.29, 0.717) is 28.7 Å². The monoisotopic (exact) mass is 370 g/mol. The third-order valence-corrected chi connectivity index (χ3v) is 5.26. The largest absolute Gasteiger partial charge is 0.497 e. The number of aromatic amines is 1. The number of rotatable bonds is 4. The molecule has 0 saturated carbocycles. The fraction of sp³-hybridized carbons (Fsp3) is 0.333. The van der Waals surface area contributed by atoms with Gasteiger partial charge in [0, 0.05) is 12.1 Å². The first kappa shape index (κ1) is 18.0. The number of ether oxygens (including phenoxy) is 1. The lowest BCUT2D eigenvalue weighted by Gasteiger charge is -2.13. The second kappa shape index (κ2) is 8.06. The van der Waals surface area contributed by atoms with Crippen molar-refractivity contribution < 1.29 is 9.53 Å². The molecule has 1 atom stereocenters. The lowest BCUT2D eigenvalue weighted by molar-refractivity contribution is -0.120. The number of nitrogens with zero attached hydrogens (tertiary/aromatic N) is 2. The number of thioether (sulfide) groups is 1. The maximum absolute atomic E-state index is 12.3. The molecule has 2 heterocycles. The van der Waals surface area contributed by atoms with E-state index in [1.165, 1.54) is 11.8 Å². The third-order valence-electron chi connectivity index (χ3n) is 4.11. The predicted molar refractivity (Wildman–Crippen MR) is 98.1 cm³/mol. The SMILES string of the molecule is COc1ccc(-c2nc(SC3CCCCNC3=O)[nH]c(=O)c2C#N)cc1. The van der Waals surface area contributed by atoms with Crippen LogP contribution < -0.4 is 15.6 Å². The Morgan fingerprint density at radius 3 is 2.73 bits per heavy atom. The predicted octanol–water partition coefficient (Wildman–Crippen LogP) is 2.08. The summed E-state index contributed by atoms with van der Waals surface area (Å²) in [5.41, 5.74) is 0.380. The maximum atomic E-state index is 12.3. The van der Waals surface area contributed by atoms with Crippen molar-refractivity contribution in [2.24, 2.45) is 0 Å². The number of carbonyl (C=O) groups excluding carboxylic acids is 1. The second-order valence-electron chi connectivity index (χ2n) is 5.83. The van der Waals surface area contributed by atoms with Crippen molar-refractivity contribution in [2.45, 2.75) is 29.7 Å². The number of amides is 1. The van der Waals surface area contributed by atoms with Gasteiger partial charge in [0.25, 0.3) is 5.56 Å². The molecule has 0 radical (unpaired) electrons. The summed E-state index contributed by atoms with van der Waals surface area (Å²) < 4.78 is 5.13. The topological polar surface area (TPSA) is 108 Å². The molecule has 0 aliphatic carbocycles. The summed E-state index contributed by atoms with van der Waals surface area (Å²) in [6.45, 7) is 0.671. The Kier molecular flexibility index (Phi) is 5.58. The summed E-state index contributed by atoms with van der Waals surface area (Å²) in [4.78, 5) is 31.5. The Labute approximate surface area is 154 Å². The van der Waals surface area contributed by atoms with Gasteiger partial charge in [0.1, 0.15) is 17.4 Å². The van der Waals surface area contributed by atoms with E-state index in [9.17, 15) is 14.9 Å². The van der Waals surface area contributed by atoms with Gasteiger partial charge in [0.05, 0.1) is 18.1 Å². The molecule has 2 aromatic rings.